The molecule has 1 aromatic carbocycles. The summed E-state index contributed by atoms with van der Waals surface area (Å²) in [6.07, 6.45) is 0. The summed E-state index contributed by atoms with van der Waals surface area (Å²) in [7, 11) is 0. The van der Waals surface area contributed by atoms with Crippen molar-refractivity contribution < 1.29 is 19.1 Å². The molecule has 2 atom stereocenters. The Bertz CT molecular complexity index is 526. The number of ether oxygens (including phenoxy) is 1. The smallest absolute Gasteiger partial charge is 0.330 e. The number of Topliss-reactive ketones (excluding diaryl/α,β-unsaturated/α-hetero) is 1. The predicted molar refractivity (Wildman–Crippen MR) is 71.6 cm³/mol. The van der Waals surface area contributed by atoms with Crippen molar-refractivity contribution in [3.05, 3.63) is 35.9 Å². The Kier molecular flexibility index (Phi) is 4.17. The molecule has 20 heavy (non-hydrogen) atoms. The molecule has 1 fully saturated rings. The van der Waals surface area contributed by atoms with Crippen LogP contribution in [0.3, 0.4) is 0 Å². The van der Waals surface area contributed by atoms with Crippen LogP contribution in [-0.2, 0) is 25.7 Å². The third-order valence-electron chi connectivity index (χ3n) is 3.36. The first-order valence-corrected chi connectivity index (χ1v) is 6.57. The SMILES string of the molecule is CCOC(=O)[C@@H]1[C@H](C(C)=O)C(=O)N1Cc1ccccc1. The maximum absolute atomic E-state index is 12.0. The zero-order chi connectivity index (χ0) is 14.7. The van der Waals surface area contributed by atoms with Crippen molar-refractivity contribution >= 4 is 17.7 Å². The number of hydrogen-bond acceptors (Lipinski definition) is 4. The number of likely N-dealkylation sites (tertiary alicyclic amines) is 1. The minimum absolute atomic E-state index is 0.229. The molecule has 5 heteroatoms. The van der Waals surface area contributed by atoms with Crippen molar-refractivity contribution in [1.29, 1.82) is 0 Å². The number of rotatable bonds is 5. The number of benzene rings is 1. The second kappa shape index (κ2) is 5.86. The Morgan fingerprint density at radius 3 is 2.45 bits per heavy atom. The molecule has 106 valence electrons. The molecule has 0 radical (unpaired) electrons. The van der Waals surface area contributed by atoms with E-state index >= 15 is 0 Å². The first-order valence-electron chi connectivity index (χ1n) is 6.57. The van der Waals surface area contributed by atoms with Gasteiger partial charge in [0.15, 0.2) is 0 Å². The van der Waals surface area contributed by atoms with E-state index in [9.17, 15) is 14.4 Å². The molecule has 2 rings (SSSR count). The predicted octanol–water partition coefficient (Wildman–Crippen LogP) is 1.17. The van der Waals surface area contributed by atoms with Gasteiger partial charge in [0.25, 0.3) is 0 Å². The van der Waals surface area contributed by atoms with Gasteiger partial charge in [-0.1, -0.05) is 30.3 Å². The van der Waals surface area contributed by atoms with Crippen molar-refractivity contribution in [1.82, 2.24) is 4.90 Å². The molecular weight excluding hydrogens is 258 g/mol. The summed E-state index contributed by atoms with van der Waals surface area (Å²) in [5.74, 6) is -2.00. The van der Waals surface area contributed by atoms with E-state index in [1.54, 1.807) is 6.92 Å². The highest BCUT2D eigenvalue weighted by Crippen LogP contribution is 2.30. The van der Waals surface area contributed by atoms with Crippen LogP contribution in [0.5, 0.6) is 0 Å². The fourth-order valence-corrected chi connectivity index (χ4v) is 2.39. The highest BCUT2D eigenvalue weighted by molar-refractivity contribution is 6.11. The Morgan fingerprint density at radius 2 is 1.90 bits per heavy atom. The van der Waals surface area contributed by atoms with Gasteiger partial charge in [0.2, 0.25) is 5.91 Å². The molecule has 0 unspecified atom stereocenters. The molecule has 1 heterocycles. The number of hydrogen-bond donors (Lipinski definition) is 0. The maximum atomic E-state index is 12.0. The van der Waals surface area contributed by atoms with Gasteiger partial charge in [-0.3, -0.25) is 9.59 Å². The lowest BCUT2D eigenvalue weighted by atomic mass is 9.84. The summed E-state index contributed by atoms with van der Waals surface area (Å²) < 4.78 is 4.96. The minimum atomic E-state index is -0.891. The zero-order valence-electron chi connectivity index (χ0n) is 11.5. The van der Waals surface area contributed by atoms with Crippen LogP contribution in [-0.4, -0.2) is 35.2 Å². The number of esters is 1. The Morgan fingerprint density at radius 1 is 1.25 bits per heavy atom. The summed E-state index contributed by atoms with van der Waals surface area (Å²) in [6.45, 7) is 3.57. The van der Waals surface area contributed by atoms with E-state index in [4.69, 9.17) is 4.74 Å². The normalized spacial score (nSPS) is 21.3. The second-order valence-electron chi connectivity index (χ2n) is 4.74. The number of amides is 1. The lowest BCUT2D eigenvalue weighted by Crippen LogP contribution is -2.66. The van der Waals surface area contributed by atoms with Crippen LogP contribution < -0.4 is 0 Å². The van der Waals surface area contributed by atoms with Gasteiger partial charge in [-0.2, -0.15) is 0 Å². The molecule has 0 aliphatic carbocycles. The molecule has 0 N–H and O–H groups in total. The average molecular weight is 275 g/mol. The summed E-state index contributed by atoms with van der Waals surface area (Å²) in [4.78, 5) is 36.8. The van der Waals surface area contributed by atoms with Crippen molar-refractivity contribution in [3.8, 4) is 0 Å². The highest BCUT2D eigenvalue weighted by Gasteiger charge is 2.54. The molecule has 1 aromatic rings. The van der Waals surface area contributed by atoms with Crippen LogP contribution >= 0.6 is 0 Å². The monoisotopic (exact) mass is 275 g/mol. The Hall–Kier alpha value is -2.17. The van der Waals surface area contributed by atoms with Gasteiger partial charge in [-0.25, -0.2) is 4.79 Å². The van der Waals surface area contributed by atoms with Crippen molar-refractivity contribution in [2.24, 2.45) is 5.92 Å². The van der Waals surface area contributed by atoms with Crippen LogP contribution in [0.1, 0.15) is 19.4 Å². The van der Waals surface area contributed by atoms with E-state index in [0.29, 0.717) is 6.54 Å². The van der Waals surface area contributed by atoms with E-state index in [0.717, 1.165) is 5.56 Å². The summed E-state index contributed by atoms with van der Waals surface area (Å²) in [5.41, 5.74) is 0.914. The summed E-state index contributed by atoms with van der Waals surface area (Å²) in [5, 5.41) is 0. The standard InChI is InChI=1S/C15H17NO4/c1-3-20-15(19)13-12(10(2)17)14(18)16(13)9-11-7-5-4-6-8-11/h4-8,12-13H,3,9H2,1-2H3/t12-,13-/m0/s1. The number of nitrogens with zero attached hydrogens (tertiary/aromatic N) is 1. The van der Waals surface area contributed by atoms with Crippen LogP contribution in [0, 0.1) is 5.92 Å². The van der Waals surface area contributed by atoms with Crippen LogP contribution in [0.4, 0.5) is 0 Å². The molecular formula is C15H17NO4. The Labute approximate surface area is 117 Å². The van der Waals surface area contributed by atoms with E-state index < -0.39 is 17.9 Å². The first-order chi connectivity index (χ1) is 9.56. The van der Waals surface area contributed by atoms with Gasteiger partial charge in [-0.05, 0) is 19.4 Å². The molecule has 0 aromatic heterocycles. The van der Waals surface area contributed by atoms with Crippen LogP contribution in [0.25, 0.3) is 0 Å². The lowest BCUT2D eigenvalue weighted by Gasteiger charge is -2.44. The van der Waals surface area contributed by atoms with E-state index in [2.05, 4.69) is 0 Å². The number of carbonyl (C=O) groups is 3. The molecule has 1 aliphatic heterocycles. The topological polar surface area (TPSA) is 63.7 Å². The average Bonchev–Trinajstić information content (AvgIpc) is 2.42. The molecule has 1 aliphatic rings. The van der Waals surface area contributed by atoms with Gasteiger partial charge >= 0.3 is 5.97 Å². The summed E-state index contributed by atoms with van der Waals surface area (Å²) in [6, 6.07) is 8.55. The van der Waals surface area contributed by atoms with Crippen LogP contribution in [0.2, 0.25) is 0 Å². The molecule has 5 nitrogen and oxygen atoms in total. The molecule has 0 bridgehead atoms. The quantitative estimate of drug-likeness (QED) is 0.459. The second-order valence-corrected chi connectivity index (χ2v) is 4.74. The highest BCUT2D eigenvalue weighted by atomic mass is 16.5. The molecule has 0 spiro atoms. The molecule has 0 saturated carbocycles. The largest absolute Gasteiger partial charge is 0.464 e. The van der Waals surface area contributed by atoms with Crippen molar-refractivity contribution in [3.63, 3.8) is 0 Å². The van der Waals surface area contributed by atoms with Gasteiger partial charge in [-0.15, -0.1) is 0 Å². The number of carbonyl (C=O) groups excluding carboxylic acids is 3. The van der Waals surface area contributed by atoms with E-state index in [-0.39, 0.29) is 18.3 Å². The van der Waals surface area contributed by atoms with Gasteiger partial charge in [0.05, 0.1) is 6.61 Å². The molecule has 1 amide bonds. The van der Waals surface area contributed by atoms with Gasteiger partial charge < -0.3 is 9.64 Å². The third kappa shape index (κ3) is 2.57. The zero-order valence-corrected chi connectivity index (χ0v) is 11.5. The number of β-lactam (4-membered cyclic amide) rings is 1. The van der Waals surface area contributed by atoms with E-state index in [1.807, 2.05) is 30.3 Å². The Balaban J connectivity index is 2.16. The van der Waals surface area contributed by atoms with Crippen molar-refractivity contribution in [2.75, 3.05) is 6.61 Å². The maximum Gasteiger partial charge on any atom is 0.330 e. The fraction of sp³-hybridized carbons (Fsp3) is 0.400. The fourth-order valence-electron chi connectivity index (χ4n) is 2.39. The first kappa shape index (κ1) is 14.2. The van der Waals surface area contributed by atoms with E-state index in [1.165, 1.54) is 11.8 Å². The van der Waals surface area contributed by atoms with Gasteiger partial charge in [0, 0.05) is 6.54 Å². The third-order valence-corrected chi connectivity index (χ3v) is 3.36. The van der Waals surface area contributed by atoms with Gasteiger partial charge in [0.1, 0.15) is 17.7 Å². The van der Waals surface area contributed by atoms with Crippen LogP contribution in [0.15, 0.2) is 30.3 Å². The minimum Gasteiger partial charge on any atom is -0.464 e. The molecule has 1 saturated heterocycles. The lowest BCUT2D eigenvalue weighted by molar-refractivity contribution is -0.177. The van der Waals surface area contributed by atoms with Crippen molar-refractivity contribution in [2.45, 2.75) is 26.4 Å². The summed E-state index contributed by atoms with van der Waals surface area (Å²) >= 11 is 0. The number of ketones is 1.